The highest BCUT2D eigenvalue weighted by atomic mass is 17.3. The lowest BCUT2D eigenvalue weighted by atomic mass is 9.73. The Morgan fingerprint density at radius 3 is 2.12 bits per heavy atom. The molecule has 1 aliphatic rings. The van der Waals surface area contributed by atoms with Crippen molar-refractivity contribution in [2.24, 2.45) is 0 Å². The Bertz CT molecular complexity index is 249. The molecule has 0 radical (unpaired) electrons. The highest BCUT2D eigenvalue weighted by Gasteiger charge is 2.67. The Balaban J connectivity index is 2.87. The summed E-state index contributed by atoms with van der Waals surface area (Å²) >= 11 is 0. The lowest BCUT2D eigenvalue weighted by Gasteiger charge is -2.53. The average Bonchev–Trinajstić information content (AvgIpc) is 2.23. The van der Waals surface area contributed by atoms with Gasteiger partial charge in [-0.3, -0.25) is 0 Å². The molecule has 1 saturated heterocycles. The summed E-state index contributed by atoms with van der Waals surface area (Å²) in [6.07, 6.45) is 4.87. The van der Waals surface area contributed by atoms with E-state index in [1.807, 2.05) is 13.8 Å². The van der Waals surface area contributed by atoms with Crippen LogP contribution >= 0.6 is 0 Å². The van der Waals surface area contributed by atoms with Gasteiger partial charge >= 0.3 is 5.97 Å². The SMILES string of the molecule is CCCCC1(CCC)OOC1(CC)C(=O)O. The molecule has 1 fully saturated rings. The number of aliphatic carboxylic acids is 1. The van der Waals surface area contributed by atoms with Crippen LogP contribution in [-0.4, -0.2) is 22.3 Å². The third-order valence-electron chi connectivity index (χ3n) is 3.51. The summed E-state index contributed by atoms with van der Waals surface area (Å²) in [5, 5.41) is 9.34. The topological polar surface area (TPSA) is 55.8 Å². The van der Waals surface area contributed by atoms with Crippen molar-refractivity contribution in [2.75, 3.05) is 0 Å². The van der Waals surface area contributed by atoms with Crippen molar-refractivity contribution in [1.82, 2.24) is 0 Å². The molecule has 1 aliphatic heterocycles. The predicted molar refractivity (Wildman–Crippen MR) is 60.0 cm³/mol. The monoisotopic (exact) mass is 230 g/mol. The van der Waals surface area contributed by atoms with Gasteiger partial charge < -0.3 is 5.11 Å². The van der Waals surface area contributed by atoms with E-state index in [2.05, 4.69) is 6.92 Å². The first-order chi connectivity index (χ1) is 7.58. The molecule has 94 valence electrons. The summed E-state index contributed by atoms with van der Waals surface area (Å²) in [6, 6.07) is 0. The van der Waals surface area contributed by atoms with Crippen LogP contribution in [0.2, 0.25) is 0 Å². The quantitative estimate of drug-likeness (QED) is 0.683. The maximum absolute atomic E-state index is 11.4. The summed E-state index contributed by atoms with van der Waals surface area (Å²) < 4.78 is 0. The van der Waals surface area contributed by atoms with Crippen LogP contribution in [0.5, 0.6) is 0 Å². The van der Waals surface area contributed by atoms with E-state index in [9.17, 15) is 9.90 Å². The van der Waals surface area contributed by atoms with Crippen molar-refractivity contribution < 1.29 is 19.7 Å². The second-order valence-electron chi connectivity index (χ2n) is 4.50. The fourth-order valence-corrected chi connectivity index (χ4v) is 2.50. The van der Waals surface area contributed by atoms with Gasteiger partial charge in [0.2, 0.25) is 5.60 Å². The van der Waals surface area contributed by atoms with Gasteiger partial charge in [0.15, 0.2) is 0 Å². The molecular formula is C12H22O4. The van der Waals surface area contributed by atoms with Crippen LogP contribution in [0.15, 0.2) is 0 Å². The highest BCUT2D eigenvalue weighted by molar-refractivity contribution is 5.80. The zero-order chi connectivity index (χ0) is 12.2. The lowest BCUT2D eigenvalue weighted by molar-refractivity contribution is -0.543. The van der Waals surface area contributed by atoms with E-state index >= 15 is 0 Å². The molecule has 0 aromatic carbocycles. The van der Waals surface area contributed by atoms with E-state index in [0.29, 0.717) is 6.42 Å². The van der Waals surface area contributed by atoms with Gasteiger partial charge in [-0.15, -0.1) is 0 Å². The van der Waals surface area contributed by atoms with Crippen LogP contribution < -0.4 is 0 Å². The Morgan fingerprint density at radius 2 is 1.81 bits per heavy atom. The summed E-state index contributed by atoms with van der Waals surface area (Å²) in [6.45, 7) is 5.97. The predicted octanol–water partition coefficient (Wildman–Crippen LogP) is 2.91. The third kappa shape index (κ3) is 1.84. The summed E-state index contributed by atoms with van der Waals surface area (Å²) in [5.74, 6) is -0.897. The third-order valence-corrected chi connectivity index (χ3v) is 3.51. The summed E-state index contributed by atoms with van der Waals surface area (Å²) in [7, 11) is 0. The van der Waals surface area contributed by atoms with E-state index in [1.165, 1.54) is 0 Å². The van der Waals surface area contributed by atoms with Crippen LogP contribution in [-0.2, 0) is 14.6 Å². The first-order valence-corrected chi connectivity index (χ1v) is 6.18. The lowest BCUT2D eigenvalue weighted by Crippen LogP contribution is -2.70. The molecule has 4 heteroatoms. The maximum Gasteiger partial charge on any atom is 0.342 e. The first-order valence-electron chi connectivity index (χ1n) is 6.18. The van der Waals surface area contributed by atoms with Crippen molar-refractivity contribution in [2.45, 2.75) is 70.5 Å². The highest BCUT2D eigenvalue weighted by Crippen LogP contribution is 2.49. The number of unbranched alkanes of at least 4 members (excludes halogenated alkanes) is 1. The Hall–Kier alpha value is -0.610. The van der Waals surface area contributed by atoms with Crippen molar-refractivity contribution >= 4 is 5.97 Å². The molecule has 2 unspecified atom stereocenters. The van der Waals surface area contributed by atoms with Crippen LogP contribution in [0, 0.1) is 0 Å². The molecule has 16 heavy (non-hydrogen) atoms. The smallest absolute Gasteiger partial charge is 0.342 e. The number of rotatable bonds is 7. The molecule has 2 atom stereocenters. The summed E-state index contributed by atoms with van der Waals surface area (Å²) in [5.41, 5.74) is -1.74. The van der Waals surface area contributed by atoms with Crippen molar-refractivity contribution in [3.8, 4) is 0 Å². The van der Waals surface area contributed by atoms with E-state index < -0.39 is 17.2 Å². The Morgan fingerprint density at radius 1 is 1.12 bits per heavy atom. The van der Waals surface area contributed by atoms with Crippen LogP contribution in [0.4, 0.5) is 0 Å². The normalized spacial score (nSPS) is 33.4. The van der Waals surface area contributed by atoms with Crippen molar-refractivity contribution in [3.63, 3.8) is 0 Å². The second kappa shape index (κ2) is 5.15. The molecule has 1 rings (SSSR count). The molecule has 0 bridgehead atoms. The van der Waals surface area contributed by atoms with Gasteiger partial charge in [0.05, 0.1) is 0 Å². The molecular weight excluding hydrogens is 208 g/mol. The number of hydrogen-bond acceptors (Lipinski definition) is 3. The van der Waals surface area contributed by atoms with Crippen LogP contribution in [0.25, 0.3) is 0 Å². The van der Waals surface area contributed by atoms with Gasteiger partial charge in [-0.05, 0) is 19.3 Å². The number of carboxylic acid groups (broad SMARTS) is 1. The molecule has 0 aliphatic carbocycles. The van der Waals surface area contributed by atoms with Crippen LogP contribution in [0.3, 0.4) is 0 Å². The molecule has 0 spiro atoms. The van der Waals surface area contributed by atoms with Gasteiger partial charge in [0.25, 0.3) is 0 Å². The molecule has 4 nitrogen and oxygen atoms in total. The molecule has 0 aromatic heterocycles. The molecule has 0 amide bonds. The minimum Gasteiger partial charge on any atom is -0.479 e. The van der Waals surface area contributed by atoms with Crippen LogP contribution in [0.1, 0.15) is 59.3 Å². The molecule has 1 N–H and O–H groups in total. The van der Waals surface area contributed by atoms with E-state index in [0.717, 1.165) is 32.1 Å². The first kappa shape index (κ1) is 13.5. The standard InChI is InChI=1S/C12H22O4/c1-4-7-9-11(8-5-2)12(6-3,10(13)14)16-15-11/h4-9H2,1-3H3,(H,13,14). The molecule has 0 aromatic rings. The van der Waals surface area contributed by atoms with Gasteiger partial charge in [0.1, 0.15) is 5.60 Å². The van der Waals surface area contributed by atoms with Gasteiger partial charge in [0, 0.05) is 0 Å². The zero-order valence-electron chi connectivity index (χ0n) is 10.4. The fourth-order valence-electron chi connectivity index (χ4n) is 2.50. The molecule has 0 saturated carbocycles. The Kier molecular flexibility index (Phi) is 4.33. The minimum atomic E-state index is -1.13. The van der Waals surface area contributed by atoms with E-state index in [4.69, 9.17) is 9.78 Å². The van der Waals surface area contributed by atoms with E-state index in [-0.39, 0.29) is 0 Å². The minimum absolute atomic E-state index is 0.450. The number of hydrogen-bond donors (Lipinski definition) is 1. The number of carbonyl (C=O) groups is 1. The maximum atomic E-state index is 11.4. The number of carboxylic acids is 1. The molecule has 1 heterocycles. The average molecular weight is 230 g/mol. The largest absolute Gasteiger partial charge is 0.479 e. The van der Waals surface area contributed by atoms with Crippen molar-refractivity contribution in [3.05, 3.63) is 0 Å². The summed E-state index contributed by atoms with van der Waals surface area (Å²) in [4.78, 5) is 21.6. The van der Waals surface area contributed by atoms with Gasteiger partial charge in [-0.1, -0.05) is 40.0 Å². The zero-order valence-corrected chi connectivity index (χ0v) is 10.4. The Labute approximate surface area is 96.9 Å². The van der Waals surface area contributed by atoms with Gasteiger partial charge in [-0.25, -0.2) is 14.6 Å². The fraction of sp³-hybridized carbons (Fsp3) is 0.917. The second-order valence-corrected chi connectivity index (χ2v) is 4.50. The van der Waals surface area contributed by atoms with Crippen molar-refractivity contribution in [1.29, 1.82) is 0 Å². The van der Waals surface area contributed by atoms with Gasteiger partial charge in [-0.2, -0.15) is 0 Å². The van der Waals surface area contributed by atoms with E-state index in [1.54, 1.807) is 0 Å².